The molecule has 0 bridgehead atoms. The van der Waals surface area contributed by atoms with Crippen LogP contribution in [0.5, 0.6) is 0 Å². The molecule has 0 spiro atoms. The second kappa shape index (κ2) is 42.8. The highest BCUT2D eigenvalue weighted by Gasteiger charge is 2.14. The normalized spacial score (nSPS) is 12.6. The summed E-state index contributed by atoms with van der Waals surface area (Å²) in [6, 6.07) is 0. The molecule has 0 aromatic rings. The molecule has 310 valence electrons. The topological polar surface area (TPSA) is 92.7 Å². The van der Waals surface area contributed by atoms with E-state index in [0.29, 0.717) is 12.8 Å². The fourth-order valence-corrected chi connectivity index (χ4v) is 6.39. The van der Waals surface area contributed by atoms with Crippen molar-refractivity contribution >= 4 is 17.8 Å². The molecule has 0 rings (SSSR count). The number of allylic oxidation sites excluding steroid dienone is 10. The number of rotatable bonds is 40. The molecule has 0 heterocycles. The highest BCUT2D eigenvalue weighted by Crippen LogP contribution is 2.18. The van der Waals surface area contributed by atoms with Gasteiger partial charge in [-0.3, -0.25) is 14.4 Å². The molecule has 2 N–H and O–H groups in total. The van der Waals surface area contributed by atoms with Gasteiger partial charge in [-0.1, -0.05) is 164 Å². The first-order chi connectivity index (χ1) is 26.5. The Hall–Kier alpha value is -2.89. The molecule has 0 saturated carbocycles. The molecule has 0 aromatic carbocycles. The molecule has 0 aromatic heterocycles. The molecule has 0 radical (unpaired) electrons. The third-order valence-corrected chi connectivity index (χ3v) is 9.67. The molecule has 6 nitrogen and oxygen atoms in total. The predicted octanol–water partition coefficient (Wildman–Crippen LogP) is 14.0. The van der Waals surface area contributed by atoms with Gasteiger partial charge < -0.3 is 15.2 Å². The zero-order valence-corrected chi connectivity index (χ0v) is 35.1. The van der Waals surface area contributed by atoms with Crippen LogP contribution >= 0.6 is 0 Å². The fraction of sp³-hybridized carbons (Fsp3) is 0.729. The van der Waals surface area contributed by atoms with E-state index in [0.717, 1.165) is 96.3 Å². The van der Waals surface area contributed by atoms with E-state index in [2.05, 4.69) is 79.9 Å². The van der Waals surface area contributed by atoms with Gasteiger partial charge >= 0.3 is 11.9 Å². The van der Waals surface area contributed by atoms with Gasteiger partial charge in [-0.15, -0.1) is 0 Å². The fourth-order valence-electron chi connectivity index (χ4n) is 6.39. The SMILES string of the molecule is CC/C=C\C/C=C\C/C=C\C/C=C\CCCCCCCCCCC(=O)OC(CCC/C=C\CCCCCCCC)CCCCCCCC(=O)NCC(=O)O. The van der Waals surface area contributed by atoms with Crippen molar-refractivity contribution in [1.82, 2.24) is 5.32 Å². The average Bonchev–Trinajstić information content (AvgIpc) is 3.16. The number of esters is 1. The summed E-state index contributed by atoms with van der Waals surface area (Å²) in [5, 5.41) is 11.1. The Morgan fingerprint density at radius 3 is 1.48 bits per heavy atom. The Balaban J connectivity index is 4.13. The Labute approximate surface area is 332 Å². The van der Waals surface area contributed by atoms with Gasteiger partial charge in [0.05, 0.1) is 0 Å². The second-order valence-electron chi connectivity index (χ2n) is 14.9. The summed E-state index contributed by atoms with van der Waals surface area (Å²) in [5.74, 6) is -1.26. The van der Waals surface area contributed by atoms with E-state index in [4.69, 9.17) is 9.84 Å². The molecule has 1 amide bonds. The van der Waals surface area contributed by atoms with Gasteiger partial charge in [0.1, 0.15) is 12.6 Å². The van der Waals surface area contributed by atoms with Gasteiger partial charge in [-0.2, -0.15) is 0 Å². The lowest BCUT2D eigenvalue weighted by Gasteiger charge is -2.18. The zero-order chi connectivity index (χ0) is 39.4. The van der Waals surface area contributed by atoms with Crippen LogP contribution < -0.4 is 5.32 Å². The van der Waals surface area contributed by atoms with Crippen molar-refractivity contribution < 1.29 is 24.2 Å². The van der Waals surface area contributed by atoms with Crippen molar-refractivity contribution in [2.75, 3.05) is 6.54 Å². The lowest BCUT2D eigenvalue weighted by molar-refractivity contribution is -0.150. The minimum Gasteiger partial charge on any atom is -0.480 e. The minimum atomic E-state index is -1.02. The smallest absolute Gasteiger partial charge is 0.322 e. The van der Waals surface area contributed by atoms with Crippen molar-refractivity contribution in [3.63, 3.8) is 0 Å². The molecule has 1 unspecified atom stereocenters. The number of carboxylic acid groups (broad SMARTS) is 1. The van der Waals surface area contributed by atoms with E-state index < -0.39 is 5.97 Å². The zero-order valence-electron chi connectivity index (χ0n) is 35.1. The molecule has 0 aliphatic rings. The molecule has 1 atom stereocenters. The van der Waals surface area contributed by atoms with E-state index in [-0.39, 0.29) is 24.5 Å². The Morgan fingerprint density at radius 1 is 0.500 bits per heavy atom. The van der Waals surface area contributed by atoms with E-state index in [1.807, 2.05) is 0 Å². The Kier molecular flexibility index (Phi) is 40.6. The summed E-state index contributed by atoms with van der Waals surface area (Å²) in [4.78, 5) is 35.0. The van der Waals surface area contributed by atoms with Gasteiger partial charge in [0, 0.05) is 12.8 Å². The van der Waals surface area contributed by atoms with Crippen LogP contribution in [0.25, 0.3) is 0 Å². The standard InChI is InChI=1S/C48H83NO5/c1-3-5-7-9-11-13-15-16-17-18-19-20-21-22-23-24-26-28-30-35-39-43-48(53)54-45(40-36-32-29-27-25-14-12-10-8-6-4-2)41-37-33-31-34-38-42-46(50)49-44-47(51)52/h5,7,11,13,16-17,19-20,27,29,45H,3-4,6,8-10,12,14-15,18,21-26,28,30-44H2,1-2H3,(H,49,50)(H,51,52)/b7-5-,13-11-,17-16-,20-19-,29-27-. The summed E-state index contributed by atoms with van der Waals surface area (Å²) in [6.07, 6.45) is 56.3. The summed E-state index contributed by atoms with van der Waals surface area (Å²) in [7, 11) is 0. The maximum atomic E-state index is 12.8. The largest absolute Gasteiger partial charge is 0.480 e. The molecular formula is C48H83NO5. The summed E-state index contributed by atoms with van der Waals surface area (Å²) in [6.45, 7) is 4.10. The number of aliphatic carboxylic acids is 1. The summed E-state index contributed by atoms with van der Waals surface area (Å²) >= 11 is 0. The van der Waals surface area contributed by atoms with Crippen LogP contribution in [0.2, 0.25) is 0 Å². The van der Waals surface area contributed by atoms with Crippen molar-refractivity contribution in [3.05, 3.63) is 60.8 Å². The highest BCUT2D eigenvalue weighted by atomic mass is 16.5. The van der Waals surface area contributed by atoms with Gasteiger partial charge in [0.25, 0.3) is 0 Å². The first-order valence-corrected chi connectivity index (χ1v) is 22.4. The number of amides is 1. The van der Waals surface area contributed by atoms with E-state index in [1.54, 1.807) is 0 Å². The quantitative estimate of drug-likeness (QED) is 0.0369. The lowest BCUT2D eigenvalue weighted by Crippen LogP contribution is -2.28. The number of ether oxygens (including phenoxy) is 1. The van der Waals surface area contributed by atoms with Gasteiger partial charge in [-0.05, 0) is 96.3 Å². The number of hydrogen-bond donors (Lipinski definition) is 2. The number of nitrogens with one attached hydrogen (secondary N) is 1. The van der Waals surface area contributed by atoms with Crippen LogP contribution in [0, 0.1) is 0 Å². The molecule has 6 heteroatoms. The van der Waals surface area contributed by atoms with Crippen LogP contribution in [0.4, 0.5) is 0 Å². The van der Waals surface area contributed by atoms with Crippen molar-refractivity contribution in [1.29, 1.82) is 0 Å². The lowest BCUT2D eigenvalue weighted by atomic mass is 10.0. The van der Waals surface area contributed by atoms with Gasteiger partial charge in [0.2, 0.25) is 5.91 Å². The number of carbonyl (C=O) groups excluding carboxylic acids is 2. The van der Waals surface area contributed by atoms with Crippen LogP contribution in [-0.4, -0.2) is 35.6 Å². The van der Waals surface area contributed by atoms with Crippen LogP contribution in [0.3, 0.4) is 0 Å². The molecule has 0 fully saturated rings. The van der Waals surface area contributed by atoms with Gasteiger partial charge in [-0.25, -0.2) is 0 Å². The van der Waals surface area contributed by atoms with Crippen LogP contribution in [-0.2, 0) is 19.1 Å². The monoisotopic (exact) mass is 754 g/mol. The molecule has 0 aliphatic heterocycles. The van der Waals surface area contributed by atoms with Gasteiger partial charge in [0.15, 0.2) is 0 Å². The number of carboxylic acids is 1. The third-order valence-electron chi connectivity index (χ3n) is 9.67. The van der Waals surface area contributed by atoms with Crippen LogP contribution in [0.1, 0.15) is 213 Å². The molecular weight excluding hydrogens is 671 g/mol. The number of carbonyl (C=O) groups is 3. The third kappa shape index (κ3) is 41.9. The van der Waals surface area contributed by atoms with E-state index >= 15 is 0 Å². The number of hydrogen-bond acceptors (Lipinski definition) is 4. The first kappa shape index (κ1) is 51.1. The predicted molar refractivity (Wildman–Crippen MR) is 231 cm³/mol. The average molecular weight is 754 g/mol. The molecule has 0 aliphatic carbocycles. The van der Waals surface area contributed by atoms with E-state index in [1.165, 1.54) is 89.9 Å². The van der Waals surface area contributed by atoms with Crippen LogP contribution in [0.15, 0.2) is 60.8 Å². The Bertz CT molecular complexity index is 1010. The molecule has 54 heavy (non-hydrogen) atoms. The van der Waals surface area contributed by atoms with E-state index in [9.17, 15) is 14.4 Å². The number of unbranched alkanes of at least 4 members (excludes halogenated alkanes) is 19. The van der Waals surface area contributed by atoms with Crippen molar-refractivity contribution in [2.45, 2.75) is 219 Å². The highest BCUT2D eigenvalue weighted by molar-refractivity contribution is 5.80. The van der Waals surface area contributed by atoms with Crippen molar-refractivity contribution in [2.24, 2.45) is 0 Å². The first-order valence-electron chi connectivity index (χ1n) is 22.4. The van der Waals surface area contributed by atoms with Crippen molar-refractivity contribution in [3.8, 4) is 0 Å². The maximum Gasteiger partial charge on any atom is 0.322 e. The molecule has 0 saturated heterocycles. The summed E-state index contributed by atoms with van der Waals surface area (Å²) in [5.41, 5.74) is 0. The summed E-state index contributed by atoms with van der Waals surface area (Å²) < 4.78 is 6.01. The maximum absolute atomic E-state index is 12.8. The second-order valence-corrected chi connectivity index (χ2v) is 14.9. The Morgan fingerprint density at radius 2 is 0.926 bits per heavy atom. The minimum absolute atomic E-state index is 0.0112.